The summed E-state index contributed by atoms with van der Waals surface area (Å²) < 4.78 is 6.56. The number of nitrogens with zero attached hydrogens (tertiary/aromatic N) is 1. The van der Waals surface area contributed by atoms with Gasteiger partial charge in [0.25, 0.3) is 5.91 Å². The smallest absolute Gasteiger partial charge is 0.251 e. The highest BCUT2D eigenvalue weighted by atomic mass is 79.9. The minimum atomic E-state index is 0.0150. The Balaban J connectivity index is 1.49. The van der Waals surface area contributed by atoms with E-state index in [-0.39, 0.29) is 11.9 Å². The van der Waals surface area contributed by atoms with E-state index < -0.39 is 0 Å². The van der Waals surface area contributed by atoms with Gasteiger partial charge in [0.2, 0.25) is 0 Å². The van der Waals surface area contributed by atoms with Gasteiger partial charge in [-0.2, -0.15) is 0 Å². The number of carbonyl (C=O) groups is 1. The average molecular weight is 363 g/mol. The van der Waals surface area contributed by atoms with Crippen molar-refractivity contribution in [1.82, 2.24) is 10.2 Å². The average Bonchev–Trinajstić information content (AvgIpc) is 2.86. The molecule has 3 aliphatic heterocycles. The molecular formula is C17H19BrN2O2. The number of hydrogen-bond acceptors (Lipinski definition) is 3. The number of amides is 1. The summed E-state index contributed by atoms with van der Waals surface area (Å²) in [7, 11) is 0. The van der Waals surface area contributed by atoms with E-state index in [1.165, 1.54) is 19.5 Å². The highest BCUT2D eigenvalue weighted by Crippen LogP contribution is 2.34. The van der Waals surface area contributed by atoms with E-state index in [2.05, 4.69) is 26.1 Å². The first-order chi connectivity index (χ1) is 10.7. The third kappa shape index (κ3) is 2.68. The molecule has 1 N–H and O–H groups in total. The summed E-state index contributed by atoms with van der Waals surface area (Å²) in [6.07, 6.45) is 4.36. The van der Waals surface area contributed by atoms with Gasteiger partial charge in [-0.25, -0.2) is 0 Å². The molecule has 3 aliphatic rings. The number of fused-ring (bicyclic) bond motifs is 3. The zero-order chi connectivity index (χ0) is 15.1. The minimum Gasteiger partial charge on any atom is -0.489 e. The van der Waals surface area contributed by atoms with Crippen molar-refractivity contribution in [2.45, 2.75) is 18.9 Å². The summed E-state index contributed by atoms with van der Waals surface area (Å²) in [5.41, 5.74) is 1.65. The summed E-state index contributed by atoms with van der Waals surface area (Å²) in [6, 6.07) is 5.91. The van der Waals surface area contributed by atoms with E-state index >= 15 is 0 Å². The monoisotopic (exact) mass is 362 g/mol. The molecule has 0 saturated carbocycles. The number of rotatable bonds is 2. The quantitative estimate of drug-likeness (QED) is 0.879. The standard InChI is InChI=1S/C17H19BrN2O2/c18-15-4-6-22-16-2-1-12(8-14(15)16)17(21)19-13-7-11-3-5-20(9-11)10-13/h1-2,4,8,11,13H,3,5-7,9-10H2,(H,19,21)/t11-,13+/m0/s1. The molecule has 22 heavy (non-hydrogen) atoms. The molecule has 2 bridgehead atoms. The first-order valence-electron chi connectivity index (χ1n) is 7.85. The number of ether oxygens (including phenoxy) is 1. The first-order valence-corrected chi connectivity index (χ1v) is 8.64. The number of hydrogen-bond donors (Lipinski definition) is 1. The highest BCUT2D eigenvalue weighted by molar-refractivity contribution is 9.15. The fraction of sp³-hybridized carbons (Fsp3) is 0.471. The van der Waals surface area contributed by atoms with Crippen molar-refractivity contribution in [2.24, 2.45) is 5.92 Å². The van der Waals surface area contributed by atoms with Crippen LogP contribution in [0.2, 0.25) is 0 Å². The van der Waals surface area contributed by atoms with E-state index in [0.717, 1.165) is 34.7 Å². The summed E-state index contributed by atoms with van der Waals surface area (Å²) in [5, 5.41) is 3.20. The van der Waals surface area contributed by atoms with Crippen molar-refractivity contribution in [3.05, 3.63) is 35.4 Å². The maximum atomic E-state index is 12.5. The molecule has 0 aliphatic carbocycles. The van der Waals surface area contributed by atoms with Gasteiger partial charge < -0.3 is 15.0 Å². The summed E-state index contributed by atoms with van der Waals surface area (Å²) >= 11 is 3.54. The Hall–Kier alpha value is -1.33. The van der Waals surface area contributed by atoms with E-state index in [0.29, 0.717) is 12.2 Å². The second-order valence-electron chi connectivity index (χ2n) is 6.39. The first kappa shape index (κ1) is 14.3. The lowest BCUT2D eigenvalue weighted by atomic mass is 9.96. The molecule has 116 valence electrons. The molecule has 0 spiro atoms. The van der Waals surface area contributed by atoms with Crippen molar-refractivity contribution in [1.29, 1.82) is 0 Å². The fourth-order valence-corrected chi connectivity index (χ4v) is 4.17. The Morgan fingerprint density at radius 2 is 2.27 bits per heavy atom. The maximum absolute atomic E-state index is 12.5. The molecular weight excluding hydrogens is 344 g/mol. The van der Waals surface area contributed by atoms with Gasteiger partial charge in [-0.05, 0) is 49.6 Å². The summed E-state index contributed by atoms with van der Waals surface area (Å²) in [5.74, 6) is 1.60. The van der Waals surface area contributed by atoms with Gasteiger partial charge in [0.1, 0.15) is 12.4 Å². The molecule has 3 atom stereocenters. The van der Waals surface area contributed by atoms with Gasteiger partial charge in [-0.15, -0.1) is 0 Å². The van der Waals surface area contributed by atoms with Crippen LogP contribution in [-0.2, 0) is 0 Å². The zero-order valence-corrected chi connectivity index (χ0v) is 13.9. The van der Waals surface area contributed by atoms with Crippen molar-refractivity contribution >= 4 is 26.3 Å². The van der Waals surface area contributed by atoms with E-state index in [1.807, 2.05) is 24.3 Å². The van der Waals surface area contributed by atoms with E-state index in [1.54, 1.807) is 0 Å². The predicted octanol–water partition coefficient (Wildman–Crippen LogP) is 2.64. The second kappa shape index (κ2) is 5.70. The molecule has 5 heteroatoms. The Kier molecular flexibility index (Phi) is 3.70. The van der Waals surface area contributed by atoms with Crippen molar-refractivity contribution in [3.63, 3.8) is 0 Å². The van der Waals surface area contributed by atoms with Crippen LogP contribution in [0.1, 0.15) is 28.8 Å². The lowest BCUT2D eigenvalue weighted by molar-refractivity contribution is 0.0909. The number of halogens is 1. The third-order valence-corrected chi connectivity index (χ3v) is 5.55. The van der Waals surface area contributed by atoms with Gasteiger partial charge in [0.05, 0.1) is 0 Å². The molecule has 1 amide bonds. The minimum absolute atomic E-state index is 0.0150. The topological polar surface area (TPSA) is 41.6 Å². The van der Waals surface area contributed by atoms with Gasteiger partial charge in [0, 0.05) is 34.7 Å². The molecule has 1 unspecified atom stereocenters. The third-order valence-electron chi connectivity index (χ3n) is 4.80. The molecule has 3 heterocycles. The van der Waals surface area contributed by atoms with Gasteiger partial charge in [0.15, 0.2) is 0 Å². The number of piperidine rings is 1. The molecule has 4 nitrogen and oxygen atoms in total. The lowest BCUT2D eigenvalue weighted by Crippen LogP contribution is -2.47. The van der Waals surface area contributed by atoms with Crippen LogP contribution in [0.3, 0.4) is 0 Å². The van der Waals surface area contributed by atoms with Crippen molar-refractivity contribution in [2.75, 3.05) is 26.2 Å². The second-order valence-corrected chi connectivity index (χ2v) is 7.25. The molecule has 4 rings (SSSR count). The summed E-state index contributed by atoms with van der Waals surface area (Å²) in [4.78, 5) is 15.0. The zero-order valence-electron chi connectivity index (χ0n) is 12.3. The number of benzene rings is 1. The van der Waals surface area contributed by atoms with Gasteiger partial charge in [-0.1, -0.05) is 15.9 Å². The lowest BCUT2D eigenvalue weighted by Gasteiger charge is -2.30. The van der Waals surface area contributed by atoms with Crippen LogP contribution in [0.15, 0.2) is 24.3 Å². The normalized spacial score (nSPS) is 29.3. The number of nitrogens with one attached hydrogen (secondary N) is 1. The van der Waals surface area contributed by atoms with Crippen LogP contribution < -0.4 is 10.1 Å². The Morgan fingerprint density at radius 3 is 3.14 bits per heavy atom. The van der Waals surface area contributed by atoms with Crippen LogP contribution in [0.25, 0.3) is 4.48 Å². The Morgan fingerprint density at radius 1 is 1.36 bits per heavy atom. The number of carbonyl (C=O) groups excluding carboxylic acids is 1. The molecule has 2 saturated heterocycles. The Bertz CT molecular complexity index is 632. The van der Waals surface area contributed by atoms with Crippen molar-refractivity contribution in [3.8, 4) is 5.75 Å². The van der Waals surface area contributed by atoms with Gasteiger partial charge in [-0.3, -0.25) is 4.79 Å². The predicted molar refractivity (Wildman–Crippen MR) is 89.3 cm³/mol. The van der Waals surface area contributed by atoms with E-state index in [9.17, 15) is 4.79 Å². The van der Waals surface area contributed by atoms with E-state index in [4.69, 9.17) is 4.74 Å². The van der Waals surface area contributed by atoms with Crippen LogP contribution in [0.5, 0.6) is 5.75 Å². The van der Waals surface area contributed by atoms with Crippen LogP contribution >= 0.6 is 15.9 Å². The molecule has 1 aromatic rings. The highest BCUT2D eigenvalue weighted by Gasteiger charge is 2.33. The van der Waals surface area contributed by atoms with Crippen LogP contribution in [-0.4, -0.2) is 43.1 Å². The Labute approximate surface area is 138 Å². The van der Waals surface area contributed by atoms with Gasteiger partial charge >= 0.3 is 0 Å². The molecule has 2 fully saturated rings. The van der Waals surface area contributed by atoms with Crippen molar-refractivity contribution < 1.29 is 9.53 Å². The van der Waals surface area contributed by atoms with Crippen LogP contribution in [0.4, 0.5) is 0 Å². The molecule has 0 aromatic heterocycles. The molecule has 0 radical (unpaired) electrons. The fourth-order valence-electron chi connectivity index (χ4n) is 3.73. The molecule has 1 aromatic carbocycles. The maximum Gasteiger partial charge on any atom is 0.251 e. The summed E-state index contributed by atoms with van der Waals surface area (Å²) in [6.45, 7) is 3.95. The largest absolute Gasteiger partial charge is 0.489 e. The SMILES string of the molecule is O=C(N[C@@H]1C[C@@H]2CCN(C2)C1)c1ccc2c(c1)C(Br)=CCO2. The van der Waals surface area contributed by atoms with Crippen LogP contribution in [0, 0.1) is 5.92 Å².